The van der Waals surface area contributed by atoms with Crippen molar-refractivity contribution in [1.82, 2.24) is 19.9 Å². The Kier molecular flexibility index (Phi) is 4.79. The number of benzene rings is 1. The van der Waals surface area contributed by atoms with Gasteiger partial charge >= 0.3 is 0 Å². The van der Waals surface area contributed by atoms with Gasteiger partial charge in [-0.1, -0.05) is 18.2 Å². The predicted molar refractivity (Wildman–Crippen MR) is 101 cm³/mol. The third-order valence-corrected chi connectivity index (χ3v) is 5.48. The van der Waals surface area contributed by atoms with E-state index in [1.54, 1.807) is 24.0 Å². The average molecular weight is 368 g/mol. The summed E-state index contributed by atoms with van der Waals surface area (Å²) in [7, 11) is 0. The van der Waals surface area contributed by atoms with Gasteiger partial charge in [0.15, 0.2) is 0 Å². The maximum atomic E-state index is 12.5. The van der Waals surface area contributed by atoms with E-state index >= 15 is 0 Å². The van der Waals surface area contributed by atoms with Crippen molar-refractivity contribution in [3.63, 3.8) is 0 Å². The van der Waals surface area contributed by atoms with Crippen LogP contribution in [0.5, 0.6) is 5.88 Å². The third-order valence-electron chi connectivity index (χ3n) is 4.44. The van der Waals surface area contributed by atoms with Crippen molar-refractivity contribution in [2.45, 2.75) is 24.3 Å². The molecule has 1 fully saturated rings. The second-order valence-corrected chi connectivity index (χ2v) is 7.31. The van der Waals surface area contributed by atoms with Gasteiger partial charge in [0.2, 0.25) is 11.8 Å². The number of hydrogen-bond acceptors (Lipinski definition) is 5. The zero-order valence-electron chi connectivity index (χ0n) is 14.5. The minimum Gasteiger partial charge on any atom is -0.472 e. The van der Waals surface area contributed by atoms with E-state index in [0.717, 1.165) is 28.8 Å². The molecule has 0 radical (unpaired) electrons. The number of para-hydroxylation sites is 1. The lowest BCUT2D eigenvalue weighted by molar-refractivity contribution is -0.127. The molecule has 7 heteroatoms. The van der Waals surface area contributed by atoms with E-state index in [4.69, 9.17) is 4.74 Å². The van der Waals surface area contributed by atoms with Crippen LogP contribution in [-0.4, -0.2) is 50.7 Å². The Labute approximate surface area is 156 Å². The first-order valence-electron chi connectivity index (χ1n) is 8.62. The Balaban J connectivity index is 1.31. The number of likely N-dealkylation sites (tertiary alicyclic amines) is 1. The molecule has 1 saturated heterocycles. The summed E-state index contributed by atoms with van der Waals surface area (Å²) in [5, 5.41) is 1.16. The number of amides is 1. The molecule has 134 valence electrons. The predicted octanol–water partition coefficient (Wildman–Crippen LogP) is 3.04. The van der Waals surface area contributed by atoms with Gasteiger partial charge in [-0.15, -0.1) is 11.8 Å². The van der Waals surface area contributed by atoms with Crippen molar-refractivity contribution in [1.29, 1.82) is 0 Å². The molecule has 2 aromatic heterocycles. The standard InChI is InChI=1S/C19H20N4O2S/c1-13-20-8-6-18(22-13)25-14-7-9-23(11-14)19(24)12-26-17-10-21-16-5-3-2-4-15(16)17/h2-6,8,10,14,21H,7,9,11-12H2,1H3/t14-/m0/s1. The van der Waals surface area contributed by atoms with E-state index in [1.165, 1.54) is 0 Å². The van der Waals surface area contributed by atoms with Crippen molar-refractivity contribution >= 4 is 28.6 Å². The SMILES string of the molecule is Cc1nccc(O[C@H]2CCN(C(=O)CSc3c[nH]c4ccccc34)C2)n1. The minimum absolute atomic E-state index is 0.00802. The number of aromatic nitrogens is 3. The van der Waals surface area contributed by atoms with Crippen LogP contribution in [0.3, 0.4) is 0 Å². The molecule has 0 bridgehead atoms. The summed E-state index contributed by atoms with van der Waals surface area (Å²) in [6, 6.07) is 9.88. The number of rotatable bonds is 5. The second kappa shape index (κ2) is 7.37. The molecule has 3 aromatic rings. The molecule has 0 unspecified atom stereocenters. The molecule has 0 aliphatic carbocycles. The fourth-order valence-corrected chi connectivity index (χ4v) is 4.05. The smallest absolute Gasteiger partial charge is 0.233 e. The molecule has 1 aliphatic heterocycles. The second-order valence-electron chi connectivity index (χ2n) is 6.30. The number of hydrogen-bond donors (Lipinski definition) is 1. The first-order chi connectivity index (χ1) is 12.7. The van der Waals surface area contributed by atoms with Gasteiger partial charge < -0.3 is 14.6 Å². The van der Waals surface area contributed by atoms with Crippen LogP contribution in [0.4, 0.5) is 0 Å². The van der Waals surface area contributed by atoms with Crippen LogP contribution in [0.15, 0.2) is 47.6 Å². The molecule has 1 atom stereocenters. The van der Waals surface area contributed by atoms with Gasteiger partial charge in [-0.3, -0.25) is 4.79 Å². The number of carbonyl (C=O) groups excluding carboxylic acids is 1. The summed E-state index contributed by atoms with van der Waals surface area (Å²) in [5.41, 5.74) is 1.09. The number of nitrogens with one attached hydrogen (secondary N) is 1. The number of carbonyl (C=O) groups is 1. The van der Waals surface area contributed by atoms with E-state index in [0.29, 0.717) is 24.0 Å². The first-order valence-corrected chi connectivity index (χ1v) is 9.60. The summed E-state index contributed by atoms with van der Waals surface area (Å²) < 4.78 is 5.89. The van der Waals surface area contributed by atoms with Crippen molar-refractivity contribution < 1.29 is 9.53 Å². The highest BCUT2D eigenvalue weighted by molar-refractivity contribution is 8.00. The fourth-order valence-electron chi connectivity index (χ4n) is 3.12. The third kappa shape index (κ3) is 3.67. The van der Waals surface area contributed by atoms with Crippen LogP contribution in [-0.2, 0) is 4.79 Å². The quantitative estimate of drug-likeness (QED) is 0.701. The number of thioether (sulfide) groups is 1. The molecule has 1 N–H and O–H groups in total. The van der Waals surface area contributed by atoms with E-state index in [-0.39, 0.29) is 12.0 Å². The average Bonchev–Trinajstić information content (AvgIpc) is 3.27. The van der Waals surface area contributed by atoms with Gasteiger partial charge in [-0.2, -0.15) is 4.98 Å². The number of fused-ring (bicyclic) bond motifs is 1. The molecule has 1 amide bonds. The van der Waals surface area contributed by atoms with Crippen LogP contribution in [0.2, 0.25) is 0 Å². The Bertz CT molecular complexity index is 927. The molecule has 0 saturated carbocycles. The van der Waals surface area contributed by atoms with Crippen LogP contribution in [0.1, 0.15) is 12.2 Å². The molecular formula is C19H20N4O2S. The van der Waals surface area contributed by atoms with Gasteiger partial charge in [-0.05, 0) is 13.0 Å². The van der Waals surface area contributed by atoms with E-state index in [2.05, 4.69) is 21.0 Å². The Hall–Kier alpha value is -2.54. The number of H-pyrrole nitrogens is 1. The number of aromatic amines is 1. The largest absolute Gasteiger partial charge is 0.472 e. The van der Waals surface area contributed by atoms with Crippen molar-refractivity contribution in [3.8, 4) is 5.88 Å². The summed E-state index contributed by atoms with van der Waals surface area (Å²) in [6.45, 7) is 3.16. The van der Waals surface area contributed by atoms with Crippen LogP contribution >= 0.6 is 11.8 Å². The first kappa shape index (κ1) is 16.9. The highest BCUT2D eigenvalue weighted by Gasteiger charge is 2.28. The maximum Gasteiger partial charge on any atom is 0.233 e. The highest BCUT2D eigenvalue weighted by atomic mass is 32.2. The van der Waals surface area contributed by atoms with Crippen molar-refractivity contribution in [2.24, 2.45) is 0 Å². The lowest BCUT2D eigenvalue weighted by Crippen LogP contribution is -2.32. The fraction of sp³-hybridized carbons (Fsp3) is 0.316. The highest BCUT2D eigenvalue weighted by Crippen LogP contribution is 2.28. The molecule has 4 rings (SSSR count). The molecule has 26 heavy (non-hydrogen) atoms. The Morgan fingerprint density at radius 3 is 3.15 bits per heavy atom. The molecular weight excluding hydrogens is 348 g/mol. The summed E-state index contributed by atoms with van der Waals surface area (Å²) in [4.78, 5) is 27.1. The lowest BCUT2D eigenvalue weighted by atomic mass is 10.2. The van der Waals surface area contributed by atoms with Gasteiger partial charge in [-0.25, -0.2) is 4.98 Å². The topological polar surface area (TPSA) is 71.1 Å². The molecule has 1 aliphatic rings. The van der Waals surface area contributed by atoms with Gasteiger partial charge in [0.25, 0.3) is 0 Å². The normalized spacial score (nSPS) is 17.0. The molecule has 3 heterocycles. The molecule has 1 aromatic carbocycles. The number of nitrogens with zero attached hydrogens (tertiary/aromatic N) is 3. The lowest BCUT2D eigenvalue weighted by Gasteiger charge is -2.16. The van der Waals surface area contributed by atoms with E-state index in [1.807, 2.05) is 36.2 Å². The monoisotopic (exact) mass is 368 g/mol. The Morgan fingerprint density at radius 2 is 2.27 bits per heavy atom. The maximum absolute atomic E-state index is 12.5. The van der Waals surface area contributed by atoms with Crippen LogP contribution in [0.25, 0.3) is 10.9 Å². The number of ether oxygens (including phenoxy) is 1. The summed E-state index contributed by atoms with van der Waals surface area (Å²) >= 11 is 1.57. The Morgan fingerprint density at radius 1 is 1.38 bits per heavy atom. The van der Waals surface area contributed by atoms with E-state index < -0.39 is 0 Å². The van der Waals surface area contributed by atoms with E-state index in [9.17, 15) is 4.79 Å². The zero-order chi connectivity index (χ0) is 17.9. The summed E-state index contributed by atoms with van der Waals surface area (Å²) in [5.74, 6) is 1.83. The number of aryl methyl sites for hydroxylation is 1. The summed E-state index contributed by atoms with van der Waals surface area (Å²) in [6.07, 6.45) is 4.47. The zero-order valence-corrected chi connectivity index (χ0v) is 15.3. The van der Waals surface area contributed by atoms with Crippen molar-refractivity contribution in [2.75, 3.05) is 18.8 Å². The van der Waals surface area contributed by atoms with Crippen LogP contribution < -0.4 is 4.74 Å². The van der Waals surface area contributed by atoms with Gasteiger partial charge in [0.05, 0.1) is 12.3 Å². The van der Waals surface area contributed by atoms with Gasteiger partial charge in [0, 0.05) is 47.2 Å². The molecule has 0 spiro atoms. The molecule has 6 nitrogen and oxygen atoms in total. The van der Waals surface area contributed by atoms with Gasteiger partial charge in [0.1, 0.15) is 11.9 Å². The minimum atomic E-state index is -0.00802. The van der Waals surface area contributed by atoms with Crippen LogP contribution in [0, 0.1) is 6.92 Å². The van der Waals surface area contributed by atoms with Crippen molar-refractivity contribution in [3.05, 3.63) is 48.5 Å².